The summed E-state index contributed by atoms with van der Waals surface area (Å²) >= 11 is 0. The summed E-state index contributed by atoms with van der Waals surface area (Å²) < 4.78 is 4.88. The van der Waals surface area contributed by atoms with Crippen LogP contribution in [0.2, 0.25) is 0 Å². The molecule has 4 aromatic rings. The van der Waals surface area contributed by atoms with Crippen LogP contribution in [0, 0.1) is 6.92 Å². The van der Waals surface area contributed by atoms with E-state index in [1.807, 2.05) is 37.4 Å². The van der Waals surface area contributed by atoms with Gasteiger partial charge in [-0.15, -0.1) is 0 Å². The number of hydrogen-bond donors (Lipinski definition) is 0. The summed E-state index contributed by atoms with van der Waals surface area (Å²) in [4.78, 5) is 31.1. The number of carbonyl (C=O) groups is 1. The van der Waals surface area contributed by atoms with Crippen LogP contribution in [0.3, 0.4) is 0 Å². The van der Waals surface area contributed by atoms with Gasteiger partial charge in [-0.05, 0) is 36.8 Å². The van der Waals surface area contributed by atoms with Gasteiger partial charge in [0.05, 0.1) is 23.7 Å². The minimum atomic E-state index is -0.383. The van der Waals surface area contributed by atoms with E-state index >= 15 is 0 Å². The van der Waals surface area contributed by atoms with Gasteiger partial charge >= 0.3 is 5.97 Å². The van der Waals surface area contributed by atoms with Crippen molar-refractivity contribution < 1.29 is 9.53 Å². The fourth-order valence-corrected chi connectivity index (χ4v) is 4.09. The average molecular weight is 440 g/mol. The number of benzene rings is 2. The fraction of sp³-hybridized carbons (Fsp3) is 0.231. The molecule has 7 nitrogen and oxygen atoms in total. The van der Waals surface area contributed by atoms with Crippen LogP contribution in [-0.2, 0) is 4.74 Å². The number of aromatic nitrogens is 3. The summed E-state index contributed by atoms with van der Waals surface area (Å²) in [6, 6.07) is 19.6. The number of esters is 1. The van der Waals surface area contributed by atoms with Crippen LogP contribution in [0.25, 0.3) is 22.3 Å². The van der Waals surface area contributed by atoms with E-state index in [-0.39, 0.29) is 5.97 Å². The summed E-state index contributed by atoms with van der Waals surface area (Å²) in [6.07, 6.45) is 1.91. The van der Waals surface area contributed by atoms with Crippen LogP contribution in [0.1, 0.15) is 15.9 Å². The van der Waals surface area contributed by atoms with Crippen molar-refractivity contribution in [1.29, 1.82) is 0 Å². The number of rotatable bonds is 4. The highest BCUT2D eigenvalue weighted by Crippen LogP contribution is 2.31. The Bertz CT molecular complexity index is 1280. The molecule has 5 rings (SSSR count). The molecular weight excluding hydrogens is 414 g/mol. The van der Waals surface area contributed by atoms with E-state index < -0.39 is 0 Å². The Balaban J connectivity index is 1.51. The summed E-state index contributed by atoms with van der Waals surface area (Å²) in [6.45, 7) is 5.32. The number of carbonyl (C=O) groups excluding carboxylic acids is 1. The van der Waals surface area contributed by atoms with Gasteiger partial charge in [-0.3, -0.25) is 0 Å². The quantitative estimate of drug-likeness (QED) is 0.443. The highest BCUT2D eigenvalue weighted by molar-refractivity contribution is 5.94. The Kier molecular flexibility index (Phi) is 5.60. The first-order valence-corrected chi connectivity index (χ1v) is 11.0. The van der Waals surface area contributed by atoms with Crippen molar-refractivity contribution in [2.75, 3.05) is 43.1 Å². The smallest absolute Gasteiger partial charge is 0.337 e. The maximum atomic E-state index is 12.0. The Morgan fingerprint density at radius 2 is 1.64 bits per heavy atom. The number of anilines is 2. The zero-order valence-corrected chi connectivity index (χ0v) is 18.7. The van der Waals surface area contributed by atoms with Crippen molar-refractivity contribution in [3.63, 3.8) is 0 Å². The predicted molar refractivity (Wildman–Crippen MR) is 130 cm³/mol. The monoisotopic (exact) mass is 439 g/mol. The van der Waals surface area contributed by atoms with Gasteiger partial charge < -0.3 is 14.5 Å². The Labute approximate surface area is 192 Å². The Morgan fingerprint density at radius 1 is 0.879 bits per heavy atom. The van der Waals surface area contributed by atoms with Crippen molar-refractivity contribution >= 4 is 28.6 Å². The zero-order valence-electron chi connectivity index (χ0n) is 18.7. The summed E-state index contributed by atoms with van der Waals surface area (Å²) in [5.74, 6) is 1.44. The second-order valence-corrected chi connectivity index (χ2v) is 8.12. The van der Waals surface area contributed by atoms with Gasteiger partial charge in [0, 0.05) is 37.9 Å². The van der Waals surface area contributed by atoms with Crippen molar-refractivity contribution in [3.8, 4) is 11.3 Å². The lowest BCUT2D eigenvalue weighted by molar-refractivity contribution is 0.0601. The van der Waals surface area contributed by atoms with E-state index in [1.165, 1.54) is 7.11 Å². The number of hydrogen-bond acceptors (Lipinski definition) is 7. The molecule has 7 heteroatoms. The molecular formula is C26H25N5O2. The van der Waals surface area contributed by atoms with Gasteiger partial charge in [0.25, 0.3) is 0 Å². The lowest BCUT2D eigenvalue weighted by Crippen LogP contribution is -2.47. The third-order valence-electron chi connectivity index (χ3n) is 5.91. The largest absolute Gasteiger partial charge is 0.465 e. The SMILES string of the molecule is COC(=O)c1ccc2nc(-c3ccccc3)c(N3CCN(c4ccc(C)cn4)CC3)nc2c1. The first-order chi connectivity index (χ1) is 16.1. The van der Waals surface area contributed by atoms with Crippen LogP contribution >= 0.6 is 0 Å². The second kappa shape index (κ2) is 8.86. The van der Waals surface area contributed by atoms with E-state index in [1.54, 1.807) is 12.1 Å². The van der Waals surface area contributed by atoms with Gasteiger partial charge in [0.2, 0.25) is 0 Å². The third kappa shape index (κ3) is 4.22. The second-order valence-electron chi connectivity index (χ2n) is 8.12. The van der Waals surface area contributed by atoms with E-state index in [0.717, 1.165) is 60.2 Å². The number of ether oxygens (including phenoxy) is 1. The highest BCUT2D eigenvalue weighted by atomic mass is 16.5. The van der Waals surface area contributed by atoms with Crippen molar-refractivity contribution in [2.24, 2.45) is 0 Å². The molecule has 1 aliphatic rings. The number of methoxy groups -OCH3 is 1. The molecule has 33 heavy (non-hydrogen) atoms. The first-order valence-electron chi connectivity index (χ1n) is 11.0. The average Bonchev–Trinajstić information content (AvgIpc) is 2.88. The van der Waals surface area contributed by atoms with Crippen LogP contribution < -0.4 is 9.80 Å². The Hall–Kier alpha value is -4.00. The minimum absolute atomic E-state index is 0.383. The van der Waals surface area contributed by atoms with E-state index in [0.29, 0.717) is 11.1 Å². The molecule has 0 unspecified atom stereocenters. The molecule has 0 bridgehead atoms. The predicted octanol–water partition coefficient (Wildman–Crippen LogP) is 4.11. The fourth-order valence-electron chi connectivity index (χ4n) is 4.09. The zero-order chi connectivity index (χ0) is 22.8. The molecule has 3 heterocycles. The van der Waals surface area contributed by atoms with Gasteiger partial charge in [0.15, 0.2) is 5.82 Å². The van der Waals surface area contributed by atoms with Gasteiger partial charge in [-0.1, -0.05) is 36.4 Å². The number of nitrogens with zero attached hydrogens (tertiary/aromatic N) is 5. The maximum absolute atomic E-state index is 12.0. The standard InChI is InChI=1S/C26H25N5O2/c1-18-8-11-23(27-17-18)30-12-14-31(15-13-30)25-24(19-6-4-3-5-7-19)28-21-10-9-20(26(32)33-2)16-22(21)29-25/h3-11,16-17H,12-15H2,1-2H3. The van der Waals surface area contributed by atoms with E-state index in [4.69, 9.17) is 14.7 Å². The molecule has 1 fully saturated rings. The number of fused-ring (bicyclic) bond motifs is 1. The number of piperazine rings is 1. The van der Waals surface area contributed by atoms with E-state index in [2.05, 4.69) is 39.0 Å². The number of pyridine rings is 1. The molecule has 2 aromatic carbocycles. The summed E-state index contributed by atoms with van der Waals surface area (Å²) in [5.41, 5.74) is 4.90. The highest BCUT2D eigenvalue weighted by Gasteiger charge is 2.23. The molecule has 1 aliphatic heterocycles. The topological polar surface area (TPSA) is 71.5 Å². The minimum Gasteiger partial charge on any atom is -0.465 e. The molecule has 0 spiro atoms. The van der Waals surface area contributed by atoms with Crippen LogP contribution in [-0.4, -0.2) is 54.2 Å². The molecule has 0 atom stereocenters. The third-order valence-corrected chi connectivity index (χ3v) is 5.91. The maximum Gasteiger partial charge on any atom is 0.337 e. The lowest BCUT2D eigenvalue weighted by atomic mass is 10.1. The molecule has 1 saturated heterocycles. The summed E-state index contributed by atoms with van der Waals surface area (Å²) in [7, 11) is 1.38. The molecule has 0 aliphatic carbocycles. The molecule has 2 aromatic heterocycles. The van der Waals surface area contributed by atoms with Crippen molar-refractivity contribution in [3.05, 3.63) is 78.0 Å². The van der Waals surface area contributed by atoms with Crippen molar-refractivity contribution in [1.82, 2.24) is 15.0 Å². The normalized spacial score (nSPS) is 13.9. The molecule has 0 radical (unpaired) electrons. The van der Waals surface area contributed by atoms with Crippen LogP contribution in [0.5, 0.6) is 0 Å². The summed E-state index contributed by atoms with van der Waals surface area (Å²) in [5, 5.41) is 0. The molecule has 0 N–H and O–H groups in total. The lowest BCUT2D eigenvalue weighted by Gasteiger charge is -2.36. The van der Waals surface area contributed by atoms with Crippen molar-refractivity contribution in [2.45, 2.75) is 6.92 Å². The molecule has 0 saturated carbocycles. The molecule has 166 valence electrons. The van der Waals surface area contributed by atoms with Crippen LogP contribution in [0.4, 0.5) is 11.6 Å². The van der Waals surface area contributed by atoms with Gasteiger partial charge in [-0.2, -0.15) is 0 Å². The first kappa shape index (κ1) is 20.9. The molecule has 0 amide bonds. The Morgan fingerprint density at radius 3 is 2.33 bits per heavy atom. The van der Waals surface area contributed by atoms with Gasteiger partial charge in [-0.25, -0.2) is 19.7 Å². The van der Waals surface area contributed by atoms with Gasteiger partial charge in [0.1, 0.15) is 11.5 Å². The van der Waals surface area contributed by atoms with Crippen LogP contribution in [0.15, 0.2) is 66.9 Å². The number of aryl methyl sites for hydroxylation is 1. The van der Waals surface area contributed by atoms with E-state index in [9.17, 15) is 4.79 Å².